The second kappa shape index (κ2) is 7.01. The van der Waals surface area contributed by atoms with Crippen LogP contribution in [0.1, 0.15) is 35.6 Å². The van der Waals surface area contributed by atoms with E-state index < -0.39 is 57.9 Å². The van der Waals surface area contributed by atoms with E-state index in [1.807, 2.05) is 0 Å². The van der Waals surface area contributed by atoms with Gasteiger partial charge >= 0.3 is 0 Å². The van der Waals surface area contributed by atoms with Gasteiger partial charge in [0.15, 0.2) is 11.4 Å². The minimum absolute atomic E-state index is 0.0276. The van der Waals surface area contributed by atoms with Gasteiger partial charge in [-0.3, -0.25) is 19.4 Å². The fraction of sp³-hybridized carbons (Fsp3) is 0.250. The number of aliphatic hydroxyl groups is 3. The topological polar surface area (TPSA) is 171 Å². The molecule has 1 unspecified atom stereocenters. The molecule has 168 valence electrons. The number of nitrogens with two attached hydrogens (primary N) is 1. The number of ketones is 2. The Morgan fingerprint density at radius 3 is 2.52 bits per heavy atom. The molecule has 0 saturated heterocycles. The fourth-order valence-electron chi connectivity index (χ4n) is 5.53. The van der Waals surface area contributed by atoms with Gasteiger partial charge in [0.25, 0.3) is 5.91 Å². The molecule has 1 amide bonds. The van der Waals surface area contributed by atoms with Crippen molar-refractivity contribution in [3.63, 3.8) is 0 Å². The van der Waals surface area contributed by atoms with Gasteiger partial charge in [0.1, 0.15) is 22.8 Å². The van der Waals surface area contributed by atoms with E-state index in [2.05, 4.69) is 4.98 Å². The molecule has 1 aromatic carbocycles. The normalized spacial score (nSPS) is 28.8. The van der Waals surface area contributed by atoms with Gasteiger partial charge in [0.2, 0.25) is 5.78 Å². The van der Waals surface area contributed by atoms with E-state index in [9.17, 15) is 34.8 Å². The number of aliphatic hydroxyl groups excluding tert-OH is 2. The SMILES string of the molecule is NC(=O)C1=C(O)[C@@]2(O)C(=O)C3=C(O)c4c(O)cccc4[C@H](c4ccccn4)C3C[C@H]2CC1=O. The molecule has 6 N–H and O–H groups in total. The molecule has 3 aliphatic carbocycles. The summed E-state index contributed by atoms with van der Waals surface area (Å²) >= 11 is 0. The van der Waals surface area contributed by atoms with E-state index in [1.54, 1.807) is 36.5 Å². The van der Waals surface area contributed by atoms with Gasteiger partial charge in [-0.05, 0) is 30.2 Å². The first-order chi connectivity index (χ1) is 15.7. The molecule has 0 radical (unpaired) electrons. The first kappa shape index (κ1) is 20.9. The minimum Gasteiger partial charge on any atom is -0.508 e. The molecular weight excluding hydrogens is 428 g/mol. The number of nitrogens with zero attached hydrogens (tertiary/aromatic N) is 1. The van der Waals surface area contributed by atoms with Crippen LogP contribution in [0.25, 0.3) is 5.76 Å². The Hall–Kier alpha value is -3.98. The van der Waals surface area contributed by atoms with Crippen molar-refractivity contribution in [1.82, 2.24) is 4.98 Å². The second-order valence-corrected chi connectivity index (χ2v) is 8.59. The number of phenolic OH excluding ortho intramolecular Hbond substituents is 1. The summed E-state index contributed by atoms with van der Waals surface area (Å²) in [5.74, 6) is -7.28. The molecule has 9 heteroatoms. The van der Waals surface area contributed by atoms with Gasteiger partial charge in [0.05, 0.1) is 5.56 Å². The lowest BCUT2D eigenvalue weighted by atomic mass is 9.56. The van der Waals surface area contributed by atoms with E-state index in [-0.39, 0.29) is 29.7 Å². The smallest absolute Gasteiger partial charge is 0.255 e. The van der Waals surface area contributed by atoms with Crippen molar-refractivity contribution in [3.05, 3.63) is 76.3 Å². The Labute approximate surface area is 187 Å². The third kappa shape index (κ3) is 2.69. The molecular formula is C24H20N2O7. The van der Waals surface area contributed by atoms with Crippen LogP contribution in [-0.2, 0) is 14.4 Å². The molecule has 9 nitrogen and oxygen atoms in total. The van der Waals surface area contributed by atoms with Crippen molar-refractivity contribution in [1.29, 1.82) is 0 Å². The molecule has 1 saturated carbocycles. The lowest BCUT2D eigenvalue weighted by Gasteiger charge is -2.48. The van der Waals surface area contributed by atoms with Gasteiger partial charge in [-0.25, -0.2) is 0 Å². The maximum absolute atomic E-state index is 13.7. The maximum Gasteiger partial charge on any atom is 0.255 e. The van der Waals surface area contributed by atoms with Crippen LogP contribution >= 0.6 is 0 Å². The first-order valence-electron chi connectivity index (χ1n) is 10.4. The number of primary amides is 1. The van der Waals surface area contributed by atoms with Crippen LogP contribution < -0.4 is 5.73 Å². The molecule has 1 heterocycles. The van der Waals surface area contributed by atoms with Gasteiger partial charge in [-0.15, -0.1) is 0 Å². The second-order valence-electron chi connectivity index (χ2n) is 8.59. The van der Waals surface area contributed by atoms with Crippen LogP contribution in [0.15, 0.2) is 59.5 Å². The zero-order valence-electron chi connectivity index (χ0n) is 17.2. The number of amides is 1. The summed E-state index contributed by atoms with van der Waals surface area (Å²) in [4.78, 5) is 42.4. The Balaban J connectivity index is 1.78. The van der Waals surface area contributed by atoms with E-state index in [0.29, 0.717) is 11.3 Å². The fourth-order valence-corrected chi connectivity index (χ4v) is 5.53. The van der Waals surface area contributed by atoms with E-state index in [4.69, 9.17) is 5.73 Å². The molecule has 33 heavy (non-hydrogen) atoms. The Kier molecular flexibility index (Phi) is 4.44. The maximum atomic E-state index is 13.7. The lowest BCUT2D eigenvalue weighted by molar-refractivity contribution is -0.147. The highest BCUT2D eigenvalue weighted by atomic mass is 16.3. The molecule has 3 aliphatic rings. The predicted octanol–water partition coefficient (Wildman–Crippen LogP) is 1.41. The Bertz CT molecular complexity index is 1300. The number of aromatic hydroxyl groups is 1. The largest absolute Gasteiger partial charge is 0.508 e. The molecule has 2 aromatic rings. The lowest BCUT2D eigenvalue weighted by Crippen LogP contribution is -2.58. The van der Waals surface area contributed by atoms with E-state index in [1.165, 1.54) is 6.07 Å². The average molecular weight is 448 g/mol. The van der Waals surface area contributed by atoms with Crippen LogP contribution in [0, 0.1) is 11.8 Å². The number of fused-ring (bicyclic) bond motifs is 3. The predicted molar refractivity (Wildman–Crippen MR) is 114 cm³/mol. The summed E-state index contributed by atoms with van der Waals surface area (Å²) in [7, 11) is 0. The van der Waals surface area contributed by atoms with Gasteiger partial charge in [0, 0.05) is 41.6 Å². The van der Waals surface area contributed by atoms with Crippen LogP contribution in [-0.4, -0.2) is 48.5 Å². The number of hydrogen-bond acceptors (Lipinski definition) is 8. The first-order valence-corrected chi connectivity index (χ1v) is 10.4. The number of carbonyl (C=O) groups is 3. The van der Waals surface area contributed by atoms with E-state index >= 15 is 0 Å². The van der Waals surface area contributed by atoms with Crippen molar-refractivity contribution < 1.29 is 34.8 Å². The average Bonchev–Trinajstić information content (AvgIpc) is 2.77. The highest BCUT2D eigenvalue weighted by molar-refractivity contribution is 6.22. The summed E-state index contributed by atoms with van der Waals surface area (Å²) in [6.07, 6.45) is 1.23. The summed E-state index contributed by atoms with van der Waals surface area (Å²) in [5.41, 5.74) is 2.72. The van der Waals surface area contributed by atoms with Crippen LogP contribution in [0.3, 0.4) is 0 Å². The van der Waals surface area contributed by atoms with Gasteiger partial charge in [-0.2, -0.15) is 0 Å². The number of benzene rings is 1. The highest BCUT2D eigenvalue weighted by Gasteiger charge is 2.61. The number of Topliss-reactive ketones (excluding diaryl/α,β-unsaturated/α-hetero) is 2. The molecule has 1 fully saturated rings. The zero-order chi connectivity index (χ0) is 23.7. The molecule has 0 bridgehead atoms. The number of carbonyl (C=O) groups excluding carboxylic acids is 3. The minimum atomic E-state index is -2.60. The number of aromatic nitrogens is 1. The van der Waals surface area contributed by atoms with Crippen LogP contribution in [0.5, 0.6) is 5.75 Å². The quantitative estimate of drug-likeness (QED) is 0.429. The highest BCUT2D eigenvalue weighted by Crippen LogP contribution is 2.56. The summed E-state index contributed by atoms with van der Waals surface area (Å²) in [6, 6.07) is 9.92. The van der Waals surface area contributed by atoms with Crippen LogP contribution in [0.2, 0.25) is 0 Å². The third-order valence-electron chi connectivity index (χ3n) is 6.96. The van der Waals surface area contributed by atoms with Gasteiger partial charge < -0.3 is 26.2 Å². The monoisotopic (exact) mass is 448 g/mol. The molecule has 0 aliphatic heterocycles. The van der Waals surface area contributed by atoms with E-state index in [0.717, 1.165) is 0 Å². The molecule has 4 atom stereocenters. The van der Waals surface area contributed by atoms with Crippen molar-refractivity contribution in [3.8, 4) is 5.75 Å². The third-order valence-corrected chi connectivity index (χ3v) is 6.96. The van der Waals surface area contributed by atoms with Crippen LogP contribution in [0.4, 0.5) is 0 Å². The Morgan fingerprint density at radius 2 is 1.85 bits per heavy atom. The number of phenols is 1. The van der Waals surface area contributed by atoms with Crippen molar-refractivity contribution >= 4 is 23.2 Å². The van der Waals surface area contributed by atoms with Crippen molar-refractivity contribution in [2.45, 2.75) is 24.4 Å². The Morgan fingerprint density at radius 1 is 1.09 bits per heavy atom. The summed E-state index contributed by atoms with van der Waals surface area (Å²) in [5, 5.41) is 43.6. The number of pyridine rings is 1. The number of rotatable bonds is 2. The van der Waals surface area contributed by atoms with Crippen molar-refractivity contribution in [2.75, 3.05) is 0 Å². The number of hydrogen-bond donors (Lipinski definition) is 5. The summed E-state index contributed by atoms with van der Waals surface area (Å²) < 4.78 is 0. The molecule has 1 aromatic heterocycles. The van der Waals surface area contributed by atoms with Gasteiger partial charge in [-0.1, -0.05) is 18.2 Å². The standard InChI is InChI=1S/C24H20N2O7/c25-23(32)19-15(28)9-10-8-12-16(13-5-1-2-7-26-13)11-4-3-6-14(27)17(11)20(29)18(12)21(30)24(10,33)22(19)31/h1-7,10,12,16,27,29,31,33H,8-9H2,(H2,25,32)/t10-,12?,16-,24-/m0/s1. The molecule has 5 rings (SSSR count). The molecule has 0 spiro atoms. The zero-order valence-corrected chi connectivity index (χ0v) is 17.2. The van der Waals surface area contributed by atoms with Crippen molar-refractivity contribution in [2.24, 2.45) is 17.6 Å². The summed E-state index contributed by atoms with van der Waals surface area (Å²) in [6.45, 7) is 0.